The maximum atomic E-state index is 13.1. The molecule has 1 aliphatic carbocycles. The predicted octanol–water partition coefficient (Wildman–Crippen LogP) is 3.37. The number of hydrogen-bond acceptors (Lipinski definition) is 3. The third-order valence-electron chi connectivity index (χ3n) is 5.35. The van der Waals surface area contributed by atoms with E-state index in [-0.39, 0.29) is 17.8 Å². The molecule has 2 aliphatic rings. The van der Waals surface area contributed by atoms with Gasteiger partial charge in [-0.1, -0.05) is 0 Å². The fourth-order valence-corrected chi connectivity index (χ4v) is 3.50. The number of hydrogen-bond donors (Lipinski definition) is 3. The summed E-state index contributed by atoms with van der Waals surface area (Å²) in [7, 11) is 0. The van der Waals surface area contributed by atoms with Gasteiger partial charge in [0.05, 0.1) is 0 Å². The van der Waals surface area contributed by atoms with Gasteiger partial charge in [0, 0.05) is 42.6 Å². The molecule has 152 valence electrons. The van der Waals surface area contributed by atoms with Gasteiger partial charge >= 0.3 is 6.03 Å². The van der Waals surface area contributed by atoms with E-state index in [0.717, 1.165) is 38.0 Å². The number of benzene rings is 2. The van der Waals surface area contributed by atoms with Crippen LogP contribution in [0, 0.1) is 11.7 Å². The highest BCUT2D eigenvalue weighted by atomic mass is 19.1. The zero-order valence-electron chi connectivity index (χ0n) is 16.2. The van der Waals surface area contributed by atoms with Crippen LogP contribution in [0.15, 0.2) is 48.5 Å². The first kappa shape index (κ1) is 19.2. The minimum atomic E-state index is -0.264. The number of carbonyl (C=O) groups excluding carboxylic acids is 2. The molecule has 29 heavy (non-hydrogen) atoms. The van der Waals surface area contributed by atoms with E-state index in [1.807, 2.05) is 0 Å². The molecule has 2 aromatic rings. The van der Waals surface area contributed by atoms with Crippen LogP contribution in [-0.2, 0) is 0 Å². The fourth-order valence-electron chi connectivity index (χ4n) is 3.50. The first-order chi connectivity index (χ1) is 14.1. The SMILES string of the molecule is O=C(NC[C@H]1CCN(c2ccc(F)cc2)C1)Nc1ccc(C(=O)NC2CC2)cc1. The number of anilines is 2. The number of carbonyl (C=O) groups is 2. The molecule has 0 spiro atoms. The molecule has 2 fully saturated rings. The molecular weight excluding hydrogens is 371 g/mol. The highest BCUT2D eigenvalue weighted by molar-refractivity contribution is 5.95. The van der Waals surface area contributed by atoms with Crippen molar-refractivity contribution < 1.29 is 14.0 Å². The Morgan fingerprint density at radius 3 is 2.41 bits per heavy atom. The number of halogens is 1. The van der Waals surface area contributed by atoms with Crippen LogP contribution in [0.5, 0.6) is 0 Å². The molecule has 1 saturated carbocycles. The second-order valence-electron chi connectivity index (χ2n) is 7.74. The summed E-state index contributed by atoms with van der Waals surface area (Å²) in [6.07, 6.45) is 3.07. The number of rotatable bonds is 6. The standard InChI is InChI=1S/C22H25FN4O2/c23-17-3-9-20(10-4-17)27-12-11-15(14-27)13-24-22(29)26-19-5-1-16(2-6-19)21(28)25-18-7-8-18/h1-6,9-10,15,18H,7-8,11-14H2,(H,25,28)(H2,24,26,29)/t15-/m1/s1. The normalized spacial score (nSPS) is 18.4. The fraction of sp³-hybridized carbons (Fsp3) is 0.364. The molecule has 3 N–H and O–H groups in total. The smallest absolute Gasteiger partial charge is 0.319 e. The highest BCUT2D eigenvalue weighted by Crippen LogP contribution is 2.23. The van der Waals surface area contributed by atoms with Gasteiger partial charge in [-0.3, -0.25) is 4.79 Å². The summed E-state index contributed by atoms with van der Waals surface area (Å²) in [6, 6.07) is 13.4. The third kappa shape index (κ3) is 5.25. The molecule has 2 aromatic carbocycles. The first-order valence-electron chi connectivity index (χ1n) is 10.0. The minimum Gasteiger partial charge on any atom is -0.371 e. The lowest BCUT2D eigenvalue weighted by Gasteiger charge is -2.19. The van der Waals surface area contributed by atoms with Gasteiger partial charge in [-0.2, -0.15) is 0 Å². The summed E-state index contributed by atoms with van der Waals surface area (Å²) in [5.74, 6) is 0.0363. The van der Waals surface area contributed by atoms with Gasteiger partial charge in [0.15, 0.2) is 0 Å². The van der Waals surface area contributed by atoms with Crippen LogP contribution in [0.3, 0.4) is 0 Å². The van der Waals surface area contributed by atoms with E-state index in [0.29, 0.717) is 29.8 Å². The van der Waals surface area contributed by atoms with Crippen LogP contribution < -0.4 is 20.9 Å². The second kappa shape index (κ2) is 8.51. The second-order valence-corrected chi connectivity index (χ2v) is 7.74. The summed E-state index contributed by atoms with van der Waals surface area (Å²) in [6.45, 7) is 2.30. The van der Waals surface area contributed by atoms with Crippen LogP contribution in [-0.4, -0.2) is 37.6 Å². The van der Waals surface area contributed by atoms with Crippen molar-refractivity contribution in [2.24, 2.45) is 5.92 Å². The van der Waals surface area contributed by atoms with Crippen molar-refractivity contribution in [2.75, 3.05) is 29.9 Å². The topological polar surface area (TPSA) is 73.5 Å². The van der Waals surface area contributed by atoms with Crippen LogP contribution in [0.4, 0.5) is 20.6 Å². The van der Waals surface area contributed by atoms with Gasteiger partial charge in [0.2, 0.25) is 0 Å². The molecule has 0 bridgehead atoms. The van der Waals surface area contributed by atoms with Crippen molar-refractivity contribution in [2.45, 2.75) is 25.3 Å². The van der Waals surface area contributed by atoms with Crippen molar-refractivity contribution in [3.63, 3.8) is 0 Å². The summed E-state index contributed by atoms with van der Waals surface area (Å²) in [4.78, 5) is 26.4. The van der Waals surface area contributed by atoms with Crippen LogP contribution in [0.25, 0.3) is 0 Å². The largest absolute Gasteiger partial charge is 0.371 e. The molecule has 1 heterocycles. The molecule has 1 atom stereocenters. The predicted molar refractivity (Wildman–Crippen MR) is 111 cm³/mol. The Morgan fingerprint density at radius 2 is 1.72 bits per heavy atom. The molecule has 3 amide bonds. The quantitative estimate of drug-likeness (QED) is 0.701. The Balaban J connectivity index is 1.21. The summed E-state index contributed by atoms with van der Waals surface area (Å²) >= 11 is 0. The van der Waals surface area contributed by atoms with Crippen molar-refractivity contribution >= 4 is 23.3 Å². The number of nitrogens with zero attached hydrogens (tertiary/aromatic N) is 1. The lowest BCUT2D eigenvalue weighted by molar-refractivity contribution is 0.0951. The number of amides is 3. The van der Waals surface area contributed by atoms with Crippen LogP contribution in [0.1, 0.15) is 29.6 Å². The average molecular weight is 396 g/mol. The summed E-state index contributed by atoms with van der Waals surface area (Å²) < 4.78 is 13.1. The van der Waals surface area contributed by atoms with E-state index < -0.39 is 0 Å². The van der Waals surface area contributed by atoms with E-state index in [2.05, 4.69) is 20.9 Å². The van der Waals surface area contributed by atoms with Crippen molar-refractivity contribution in [1.29, 1.82) is 0 Å². The zero-order valence-corrected chi connectivity index (χ0v) is 16.2. The van der Waals surface area contributed by atoms with Gasteiger partial charge in [-0.05, 0) is 73.7 Å². The van der Waals surface area contributed by atoms with Gasteiger partial charge in [-0.25, -0.2) is 9.18 Å². The molecule has 0 aromatic heterocycles. The monoisotopic (exact) mass is 396 g/mol. The summed E-state index contributed by atoms with van der Waals surface area (Å²) in [5, 5.41) is 8.65. The highest BCUT2D eigenvalue weighted by Gasteiger charge is 2.24. The lowest BCUT2D eigenvalue weighted by atomic mass is 10.1. The van der Waals surface area contributed by atoms with E-state index >= 15 is 0 Å². The van der Waals surface area contributed by atoms with Crippen molar-refractivity contribution in [3.8, 4) is 0 Å². The molecule has 4 rings (SSSR count). The molecule has 0 unspecified atom stereocenters. The van der Waals surface area contributed by atoms with E-state index in [4.69, 9.17) is 0 Å². The van der Waals surface area contributed by atoms with Gasteiger partial charge in [-0.15, -0.1) is 0 Å². The van der Waals surface area contributed by atoms with Crippen LogP contribution in [0.2, 0.25) is 0 Å². The third-order valence-corrected chi connectivity index (χ3v) is 5.35. The molecule has 0 radical (unpaired) electrons. The molecule has 7 heteroatoms. The summed E-state index contributed by atoms with van der Waals surface area (Å²) in [5.41, 5.74) is 2.24. The zero-order chi connectivity index (χ0) is 20.2. The Hall–Kier alpha value is -3.09. The number of urea groups is 1. The van der Waals surface area contributed by atoms with E-state index in [1.54, 1.807) is 36.4 Å². The maximum absolute atomic E-state index is 13.1. The Morgan fingerprint density at radius 1 is 1.00 bits per heavy atom. The van der Waals surface area contributed by atoms with Gasteiger partial charge < -0.3 is 20.9 Å². The van der Waals surface area contributed by atoms with E-state index in [9.17, 15) is 14.0 Å². The first-order valence-corrected chi connectivity index (χ1v) is 10.0. The minimum absolute atomic E-state index is 0.0737. The molecule has 1 aliphatic heterocycles. The van der Waals surface area contributed by atoms with Gasteiger partial charge in [0.1, 0.15) is 5.82 Å². The molecule has 1 saturated heterocycles. The van der Waals surface area contributed by atoms with Crippen LogP contribution >= 0.6 is 0 Å². The Bertz CT molecular complexity index is 865. The molecule has 6 nitrogen and oxygen atoms in total. The average Bonchev–Trinajstić information content (AvgIpc) is 3.41. The van der Waals surface area contributed by atoms with Crippen molar-refractivity contribution in [3.05, 3.63) is 59.9 Å². The number of nitrogens with one attached hydrogen (secondary N) is 3. The Labute approximate surface area is 169 Å². The van der Waals surface area contributed by atoms with Gasteiger partial charge in [0.25, 0.3) is 5.91 Å². The lowest BCUT2D eigenvalue weighted by Crippen LogP contribution is -2.34. The van der Waals surface area contributed by atoms with E-state index in [1.165, 1.54) is 12.1 Å². The maximum Gasteiger partial charge on any atom is 0.319 e. The Kier molecular flexibility index (Phi) is 5.64. The van der Waals surface area contributed by atoms with Crippen molar-refractivity contribution in [1.82, 2.24) is 10.6 Å². The molecular formula is C22H25FN4O2.